The number of carbonyl (C=O) groups excluding carboxylic acids is 1. The molecular weight excluding hydrogens is 232 g/mol. The van der Waals surface area contributed by atoms with E-state index in [-0.39, 0.29) is 0 Å². The van der Waals surface area contributed by atoms with Crippen LogP contribution in [0.1, 0.15) is 16.8 Å². The topological polar surface area (TPSA) is 64.8 Å². The Hall–Kier alpha value is -1.75. The molecule has 5 nitrogen and oxygen atoms in total. The largest absolute Gasteiger partial charge is 0.465 e. The van der Waals surface area contributed by atoms with Gasteiger partial charge in [0.1, 0.15) is 0 Å². The number of para-hydroxylation sites is 1. The van der Waals surface area contributed by atoms with E-state index in [1.165, 1.54) is 7.11 Å². The molecule has 1 aliphatic heterocycles. The average molecular weight is 250 g/mol. The van der Waals surface area contributed by atoms with Crippen LogP contribution in [0.4, 0.5) is 11.4 Å². The minimum Gasteiger partial charge on any atom is -0.465 e. The van der Waals surface area contributed by atoms with Crippen molar-refractivity contribution in [2.45, 2.75) is 12.5 Å². The summed E-state index contributed by atoms with van der Waals surface area (Å²) in [5.41, 5.74) is 7.75. The van der Waals surface area contributed by atoms with Crippen molar-refractivity contribution in [3.05, 3.63) is 23.8 Å². The minimum absolute atomic E-state index is 0.306. The quantitative estimate of drug-likeness (QED) is 0.646. The van der Waals surface area contributed by atoms with Gasteiger partial charge in [-0.2, -0.15) is 0 Å². The Bertz CT molecular complexity index is 442. The fourth-order valence-electron chi connectivity index (χ4n) is 2.17. The van der Waals surface area contributed by atoms with Gasteiger partial charge in [0, 0.05) is 13.7 Å². The standard InChI is InChI=1S/C13H18N2O3/c1-15(9-6-7-18-8-9)11-5-3-4-10(12(11)14)13(16)17-2/h3-5,9H,6-8,14H2,1-2H3. The molecule has 0 bridgehead atoms. The zero-order chi connectivity index (χ0) is 13.1. The Labute approximate surface area is 106 Å². The van der Waals surface area contributed by atoms with Gasteiger partial charge >= 0.3 is 5.97 Å². The highest BCUT2D eigenvalue weighted by molar-refractivity contribution is 5.98. The highest BCUT2D eigenvalue weighted by Crippen LogP contribution is 2.29. The summed E-state index contributed by atoms with van der Waals surface area (Å²) in [6.45, 7) is 1.46. The lowest BCUT2D eigenvalue weighted by Crippen LogP contribution is -2.32. The third-order valence-corrected chi connectivity index (χ3v) is 3.32. The maximum atomic E-state index is 11.6. The number of hydrogen-bond donors (Lipinski definition) is 1. The number of nitrogen functional groups attached to an aromatic ring is 1. The van der Waals surface area contributed by atoms with E-state index >= 15 is 0 Å². The number of benzene rings is 1. The van der Waals surface area contributed by atoms with Gasteiger partial charge in [0.2, 0.25) is 0 Å². The van der Waals surface area contributed by atoms with Gasteiger partial charge in [-0.05, 0) is 18.6 Å². The summed E-state index contributed by atoms with van der Waals surface area (Å²) in [5.74, 6) is -0.412. The first-order chi connectivity index (χ1) is 8.65. The molecule has 1 fully saturated rings. The zero-order valence-electron chi connectivity index (χ0n) is 10.7. The third-order valence-electron chi connectivity index (χ3n) is 3.32. The van der Waals surface area contributed by atoms with E-state index in [9.17, 15) is 4.79 Å². The zero-order valence-corrected chi connectivity index (χ0v) is 10.7. The normalized spacial score (nSPS) is 18.7. The van der Waals surface area contributed by atoms with Crippen molar-refractivity contribution in [2.75, 3.05) is 38.0 Å². The van der Waals surface area contributed by atoms with Crippen LogP contribution in [0.25, 0.3) is 0 Å². The second-order valence-corrected chi connectivity index (χ2v) is 4.36. The number of ether oxygens (including phenoxy) is 2. The van der Waals surface area contributed by atoms with E-state index in [0.717, 1.165) is 18.7 Å². The predicted molar refractivity (Wildman–Crippen MR) is 69.8 cm³/mol. The molecule has 0 saturated carbocycles. The van der Waals surface area contributed by atoms with Crippen molar-refractivity contribution in [2.24, 2.45) is 0 Å². The average Bonchev–Trinajstić information content (AvgIpc) is 2.91. The van der Waals surface area contributed by atoms with E-state index < -0.39 is 5.97 Å². The van der Waals surface area contributed by atoms with Crippen LogP contribution in [0, 0.1) is 0 Å². The summed E-state index contributed by atoms with van der Waals surface area (Å²) >= 11 is 0. The summed E-state index contributed by atoms with van der Waals surface area (Å²) in [4.78, 5) is 13.6. The van der Waals surface area contributed by atoms with Gasteiger partial charge in [0.05, 0.1) is 36.7 Å². The SMILES string of the molecule is COC(=O)c1cccc(N(C)C2CCOC2)c1N. The maximum Gasteiger partial charge on any atom is 0.340 e. The van der Waals surface area contributed by atoms with Crippen molar-refractivity contribution in [3.8, 4) is 0 Å². The Kier molecular flexibility index (Phi) is 3.72. The number of nitrogens with zero attached hydrogens (tertiary/aromatic N) is 1. The van der Waals surface area contributed by atoms with Crippen LogP contribution in [0.3, 0.4) is 0 Å². The van der Waals surface area contributed by atoms with Gasteiger partial charge in [-0.15, -0.1) is 0 Å². The molecule has 0 spiro atoms. The monoisotopic (exact) mass is 250 g/mol. The smallest absolute Gasteiger partial charge is 0.340 e. The van der Waals surface area contributed by atoms with Crippen molar-refractivity contribution >= 4 is 17.3 Å². The van der Waals surface area contributed by atoms with Crippen LogP contribution in [0.5, 0.6) is 0 Å². The number of methoxy groups -OCH3 is 1. The van der Waals surface area contributed by atoms with Crippen LogP contribution < -0.4 is 10.6 Å². The number of esters is 1. The first kappa shape index (κ1) is 12.7. The Balaban J connectivity index is 2.30. The molecule has 2 N–H and O–H groups in total. The number of anilines is 2. The van der Waals surface area contributed by atoms with Crippen LogP contribution in [-0.4, -0.2) is 39.4 Å². The van der Waals surface area contributed by atoms with Gasteiger partial charge in [-0.3, -0.25) is 0 Å². The number of carbonyl (C=O) groups is 1. The van der Waals surface area contributed by atoms with Crippen LogP contribution >= 0.6 is 0 Å². The molecule has 0 aliphatic carbocycles. The van der Waals surface area contributed by atoms with Crippen molar-refractivity contribution in [1.82, 2.24) is 0 Å². The summed E-state index contributed by atoms with van der Waals surface area (Å²) in [6.07, 6.45) is 0.971. The molecule has 1 heterocycles. The van der Waals surface area contributed by atoms with Crippen molar-refractivity contribution in [3.63, 3.8) is 0 Å². The Morgan fingerprint density at radius 3 is 2.94 bits per heavy atom. The highest BCUT2D eigenvalue weighted by Gasteiger charge is 2.23. The van der Waals surface area contributed by atoms with Gasteiger partial charge in [-0.1, -0.05) is 6.07 Å². The molecule has 1 aliphatic rings. The first-order valence-electron chi connectivity index (χ1n) is 5.92. The molecule has 98 valence electrons. The lowest BCUT2D eigenvalue weighted by atomic mass is 10.1. The van der Waals surface area contributed by atoms with Crippen LogP contribution in [-0.2, 0) is 9.47 Å². The second-order valence-electron chi connectivity index (χ2n) is 4.36. The molecule has 0 amide bonds. The fourth-order valence-corrected chi connectivity index (χ4v) is 2.17. The summed E-state index contributed by atoms with van der Waals surface area (Å²) in [7, 11) is 3.31. The van der Waals surface area contributed by atoms with E-state index in [0.29, 0.717) is 23.9 Å². The summed E-state index contributed by atoms with van der Waals surface area (Å²) < 4.78 is 10.1. The highest BCUT2D eigenvalue weighted by atomic mass is 16.5. The fraction of sp³-hybridized carbons (Fsp3) is 0.462. The lowest BCUT2D eigenvalue weighted by Gasteiger charge is -2.27. The summed E-state index contributed by atoms with van der Waals surface area (Å²) in [5, 5.41) is 0. The van der Waals surface area contributed by atoms with Gasteiger partial charge in [0.25, 0.3) is 0 Å². The first-order valence-corrected chi connectivity index (χ1v) is 5.92. The number of nitrogens with two attached hydrogens (primary N) is 1. The van der Waals surface area contributed by atoms with Crippen LogP contribution in [0.2, 0.25) is 0 Å². The Morgan fingerprint density at radius 1 is 1.56 bits per heavy atom. The van der Waals surface area contributed by atoms with E-state index in [4.69, 9.17) is 15.2 Å². The predicted octanol–water partition coefficient (Wildman–Crippen LogP) is 1.28. The minimum atomic E-state index is -0.412. The van der Waals surface area contributed by atoms with Crippen molar-refractivity contribution in [1.29, 1.82) is 0 Å². The molecule has 1 aromatic rings. The molecular formula is C13H18N2O3. The number of likely N-dealkylation sites (N-methyl/N-ethyl adjacent to an activating group) is 1. The molecule has 18 heavy (non-hydrogen) atoms. The molecule has 2 rings (SSSR count). The van der Waals surface area contributed by atoms with E-state index in [2.05, 4.69) is 4.90 Å². The third kappa shape index (κ3) is 2.26. The maximum absolute atomic E-state index is 11.6. The van der Waals surface area contributed by atoms with Crippen molar-refractivity contribution < 1.29 is 14.3 Å². The number of hydrogen-bond acceptors (Lipinski definition) is 5. The van der Waals surface area contributed by atoms with Crippen LogP contribution in [0.15, 0.2) is 18.2 Å². The molecule has 5 heteroatoms. The molecule has 0 radical (unpaired) electrons. The van der Waals surface area contributed by atoms with Gasteiger partial charge in [-0.25, -0.2) is 4.79 Å². The van der Waals surface area contributed by atoms with E-state index in [1.807, 2.05) is 19.2 Å². The summed E-state index contributed by atoms with van der Waals surface area (Å²) in [6, 6.07) is 5.69. The molecule has 1 saturated heterocycles. The molecule has 1 aromatic carbocycles. The molecule has 1 atom stereocenters. The Morgan fingerprint density at radius 2 is 2.33 bits per heavy atom. The lowest BCUT2D eigenvalue weighted by molar-refractivity contribution is 0.0602. The second kappa shape index (κ2) is 5.27. The molecule has 0 aromatic heterocycles. The van der Waals surface area contributed by atoms with E-state index in [1.54, 1.807) is 6.07 Å². The van der Waals surface area contributed by atoms with Gasteiger partial charge in [0.15, 0.2) is 0 Å². The molecule has 1 unspecified atom stereocenters. The number of rotatable bonds is 3. The van der Waals surface area contributed by atoms with Gasteiger partial charge < -0.3 is 20.1 Å².